The first-order valence-corrected chi connectivity index (χ1v) is 7.98. The van der Waals surface area contributed by atoms with Crippen molar-refractivity contribution in [1.82, 2.24) is 0 Å². The third-order valence-corrected chi connectivity index (χ3v) is 4.83. The fraction of sp³-hybridized carbons (Fsp3) is 0. The number of phenolic OH excluding ortho intramolecular Hbond substituents is 1. The molecule has 112 valence electrons. The summed E-state index contributed by atoms with van der Waals surface area (Å²) < 4.78 is 39.7. The Morgan fingerprint density at radius 1 is 1.05 bits per heavy atom. The van der Waals surface area contributed by atoms with E-state index in [9.17, 15) is 17.9 Å². The van der Waals surface area contributed by atoms with Crippen molar-refractivity contribution in [2.24, 2.45) is 0 Å². The van der Waals surface area contributed by atoms with Crippen molar-refractivity contribution in [3.63, 3.8) is 0 Å². The Hall–Kier alpha value is -1.21. The lowest BCUT2D eigenvalue weighted by atomic mass is 10.3. The Labute approximate surface area is 135 Å². The fourth-order valence-electron chi connectivity index (χ4n) is 1.53. The van der Waals surface area contributed by atoms with E-state index in [0.29, 0.717) is 0 Å². The van der Waals surface area contributed by atoms with E-state index >= 15 is 0 Å². The Balaban J connectivity index is 2.50. The molecule has 0 saturated carbocycles. The molecule has 21 heavy (non-hydrogen) atoms. The molecule has 2 aromatic rings. The Bertz CT molecular complexity index is 812. The maximum atomic E-state index is 13.3. The lowest BCUT2D eigenvalue weighted by Gasteiger charge is -2.12. The molecule has 9 heteroatoms. The Kier molecular flexibility index (Phi) is 4.53. The second-order valence-electron chi connectivity index (χ2n) is 3.96. The van der Waals surface area contributed by atoms with Crippen molar-refractivity contribution in [3.8, 4) is 5.75 Å². The number of sulfonamides is 1. The van der Waals surface area contributed by atoms with Crippen LogP contribution in [0.1, 0.15) is 0 Å². The van der Waals surface area contributed by atoms with Crippen molar-refractivity contribution in [2.75, 3.05) is 4.72 Å². The number of benzene rings is 2. The molecule has 0 aliphatic rings. The number of nitrogens with one attached hydrogen (secondary N) is 1. The van der Waals surface area contributed by atoms with Gasteiger partial charge in [-0.25, -0.2) is 12.8 Å². The summed E-state index contributed by atoms with van der Waals surface area (Å²) in [7, 11) is -4.17. The van der Waals surface area contributed by atoms with Gasteiger partial charge in [-0.1, -0.05) is 34.8 Å². The van der Waals surface area contributed by atoms with Gasteiger partial charge in [-0.3, -0.25) is 4.72 Å². The molecular formula is C12H7Cl3FNO3S. The van der Waals surface area contributed by atoms with Gasteiger partial charge in [0.05, 0.1) is 15.7 Å². The highest BCUT2D eigenvalue weighted by Crippen LogP contribution is 2.35. The first kappa shape index (κ1) is 16.2. The van der Waals surface area contributed by atoms with Crippen LogP contribution in [0, 0.1) is 5.82 Å². The largest absolute Gasteiger partial charge is 0.504 e. The molecular weight excluding hydrogens is 364 g/mol. The summed E-state index contributed by atoms with van der Waals surface area (Å²) >= 11 is 17.1. The Morgan fingerprint density at radius 3 is 2.38 bits per heavy atom. The second-order valence-corrected chi connectivity index (χ2v) is 6.87. The number of rotatable bonds is 3. The fourth-order valence-corrected chi connectivity index (χ4v) is 3.55. The third kappa shape index (κ3) is 3.52. The highest BCUT2D eigenvalue weighted by molar-refractivity contribution is 7.92. The number of hydrogen-bond acceptors (Lipinski definition) is 3. The quantitative estimate of drug-likeness (QED) is 0.792. The summed E-state index contributed by atoms with van der Waals surface area (Å²) in [5.74, 6) is -1.41. The van der Waals surface area contributed by atoms with Crippen LogP contribution in [0.25, 0.3) is 0 Å². The summed E-state index contributed by atoms with van der Waals surface area (Å²) in [6.07, 6.45) is 0. The van der Waals surface area contributed by atoms with Crippen LogP contribution in [0.4, 0.5) is 10.1 Å². The number of aromatic hydroxyl groups is 1. The van der Waals surface area contributed by atoms with Crippen molar-refractivity contribution in [3.05, 3.63) is 51.2 Å². The molecule has 0 saturated heterocycles. The van der Waals surface area contributed by atoms with E-state index in [1.807, 2.05) is 4.72 Å². The molecule has 0 aliphatic heterocycles. The van der Waals surface area contributed by atoms with Crippen LogP contribution in [0.3, 0.4) is 0 Å². The molecule has 0 aliphatic carbocycles. The van der Waals surface area contributed by atoms with Crippen molar-refractivity contribution < 1.29 is 17.9 Å². The normalized spacial score (nSPS) is 11.4. The molecule has 2 rings (SSSR count). The second kappa shape index (κ2) is 5.88. The van der Waals surface area contributed by atoms with Crippen LogP contribution in [0.15, 0.2) is 35.2 Å². The van der Waals surface area contributed by atoms with Gasteiger partial charge in [0.15, 0.2) is 5.75 Å². The molecule has 0 aromatic heterocycles. The van der Waals surface area contributed by atoms with Gasteiger partial charge in [0.25, 0.3) is 10.0 Å². The zero-order chi connectivity index (χ0) is 15.8. The van der Waals surface area contributed by atoms with Crippen molar-refractivity contribution in [1.29, 1.82) is 0 Å². The predicted molar refractivity (Wildman–Crippen MR) is 80.3 cm³/mol. The first-order chi connectivity index (χ1) is 9.70. The standard InChI is InChI=1S/C12H7Cl3FNO3S/c13-6-1-2-8(14)11(3-6)21(19,20)17-10-5-7(16)4-9(15)12(10)18/h1-5,17-18H. The first-order valence-electron chi connectivity index (χ1n) is 5.36. The van der Waals surface area contributed by atoms with E-state index in [1.165, 1.54) is 12.1 Å². The summed E-state index contributed by atoms with van der Waals surface area (Å²) in [4.78, 5) is -0.309. The lowest BCUT2D eigenvalue weighted by Crippen LogP contribution is -2.14. The van der Waals surface area contributed by atoms with E-state index < -0.39 is 27.3 Å². The monoisotopic (exact) mass is 369 g/mol. The predicted octanol–water partition coefficient (Wildman–Crippen LogP) is 4.29. The van der Waals surface area contributed by atoms with Crippen LogP contribution in [-0.2, 0) is 10.0 Å². The number of hydrogen-bond donors (Lipinski definition) is 2. The minimum absolute atomic E-state index is 0.0751. The van der Waals surface area contributed by atoms with Gasteiger partial charge in [-0.05, 0) is 24.3 Å². The van der Waals surface area contributed by atoms with Gasteiger partial charge < -0.3 is 5.11 Å². The van der Waals surface area contributed by atoms with Gasteiger partial charge in [0, 0.05) is 11.1 Å². The maximum Gasteiger partial charge on any atom is 0.263 e. The summed E-state index contributed by atoms with van der Waals surface area (Å²) in [6, 6.07) is 5.48. The zero-order valence-corrected chi connectivity index (χ0v) is 13.2. The average molecular weight is 371 g/mol. The van der Waals surface area contributed by atoms with Gasteiger partial charge in [0.2, 0.25) is 0 Å². The highest BCUT2D eigenvalue weighted by atomic mass is 35.5. The van der Waals surface area contributed by atoms with E-state index in [4.69, 9.17) is 34.8 Å². The molecule has 0 heterocycles. The highest BCUT2D eigenvalue weighted by Gasteiger charge is 2.21. The van der Waals surface area contributed by atoms with Crippen LogP contribution in [0.5, 0.6) is 5.75 Å². The number of phenols is 1. The summed E-state index contributed by atoms with van der Waals surface area (Å²) in [5.41, 5.74) is -0.406. The number of anilines is 1. The smallest absolute Gasteiger partial charge is 0.263 e. The molecule has 0 spiro atoms. The Morgan fingerprint density at radius 2 is 1.71 bits per heavy atom. The molecule has 0 atom stereocenters. The molecule has 0 bridgehead atoms. The average Bonchev–Trinajstić information content (AvgIpc) is 2.37. The van der Waals surface area contributed by atoms with Gasteiger partial charge in [-0.2, -0.15) is 0 Å². The van der Waals surface area contributed by atoms with Crippen LogP contribution >= 0.6 is 34.8 Å². The molecule has 2 N–H and O–H groups in total. The number of halogens is 4. The van der Waals surface area contributed by atoms with Gasteiger partial charge in [-0.15, -0.1) is 0 Å². The van der Waals surface area contributed by atoms with E-state index in [-0.39, 0.29) is 20.0 Å². The van der Waals surface area contributed by atoms with Gasteiger partial charge >= 0.3 is 0 Å². The SMILES string of the molecule is O=S(=O)(Nc1cc(F)cc(Cl)c1O)c1cc(Cl)ccc1Cl. The van der Waals surface area contributed by atoms with E-state index in [2.05, 4.69) is 0 Å². The van der Waals surface area contributed by atoms with E-state index in [0.717, 1.165) is 18.2 Å². The maximum absolute atomic E-state index is 13.3. The van der Waals surface area contributed by atoms with Crippen LogP contribution in [-0.4, -0.2) is 13.5 Å². The minimum atomic E-state index is -4.17. The van der Waals surface area contributed by atoms with Gasteiger partial charge in [0.1, 0.15) is 10.7 Å². The molecule has 0 radical (unpaired) electrons. The van der Waals surface area contributed by atoms with Crippen LogP contribution in [0.2, 0.25) is 15.1 Å². The summed E-state index contributed by atoms with van der Waals surface area (Å²) in [5, 5.41) is 9.42. The van der Waals surface area contributed by atoms with Crippen molar-refractivity contribution >= 4 is 50.5 Å². The minimum Gasteiger partial charge on any atom is -0.504 e. The molecule has 0 fully saturated rings. The molecule has 2 aromatic carbocycles. The topological polar surface area (TPSA) is 66.4 Å². The third-order valence-electron chi connectivity index (χ3n) is 2.46. The van der Waals surface area contributed by atoms with Crippen LogP contribution < -0.4 is 4.72 Å². The summed E-state index contributed by atoms with van der Waals surface area (Å²) in [6.45, 7) is 0. The zero-order valence-electron chi connectivity index (χ0n) is 10.1. The molecule has 0 amide bonds. The van der Waals surface area contributed by atoms with E-state index in [1.54, 1.807) is 0 Å². The molecule has 4 nitrogen and oxygen atoms in total. The lowest BCUT2D eigenvalue weighted by molar-refractivity contribution is 0.476. The van der Waals surface area contributed by atoms with Crippen molar-refractivity contribution in [2.45, 2.75) is 4.90 Å². The molecule has 0 unspecified atom stereocenters.